The third kappa shape index (κ3) is 3.71. The number of fused-ring (bicyclic) bond motifs is 1. The molecule has 0 saturated heterocycles. The predicted molar refractivity (Wildman–Crippen MR) is 72.1 cm³/mol. The van der Waals surface area contributed by atoms with Crippen LogP contribution in [0.1, 0.15) is 18.9 Å². The Hall–Kier alpha value is -1.60. The second-order valence-electron chi connectivity index (χ2n) is 3.79. The number of ether oxygens (including phenoxy) is 2. The summed E-state index contributed by atoms with van der Waals surface area (Å²) in [5.41, 5.74) is 0.878. The Balaban J connectivity index is 2.06. The van der Waals surface area contributed by atoms with Gasteiger partial charge in [0.15, 0.2) is 16.6 Å². The quantitative estimate of drug-likeness (QED) is 0.728. The SMILES string of the molecule is CC(=O)SCC#Cc1ccc2c(c1)OCCCO2. The van der Waals surface area contributed by atoms with Gasteiger partial charge in [0.1, 0.15) is 0 Å². The van der Waals surface area contributed by atoms with E-state index in [1.54, 1.807) is 6.92 Å². The molecule has 0 radical (unpaired) electrons. The van der Waals surface area contributed by atoms with Gasteiger partial charge < -0.3 is 9.47 Å². The molecular formula is C14H14O3S. The number of hydrogen-bond donors (Lipinski definition) is 0. The number of carbonyl (C=O) groups excluding carboxylic acids is 1. The molecule has 0 fully saturated rings. The van der Waals surface area contributed by atoms with Crippen molar-refractivity contribution in [3.8, 4) is 23.3 Å². The van der Waals surface area contributed by atoms with Crippen molar-refractivity contribution in [2.75, 3.05) is 19.0 Å². The lowest BCUT2D eigenvalue weighted by Gasteiger charge is -2.06. The van der Waals surface area contributed by atoms with Gasteiger partial charge in [-0.25, -0.2) is 0 Å². The van der Waals surface area contributed by atoms with Gasteiger partial charge >= 0.3 is 0 Å². The summed E-state index contributed by atoms with van der Waals surface area (Å²) in [6.07, 6.45) is 0.894. The van der Waals surface area contributed by atoms with Crippen molar-refractivity contribution in [1.29, 1.82) is 0 Å². The van der Waals surface area contributed by atoms with E-state index in [2.05, 4.69) is 11.8 Å². The molecule has 94 valence electrons. The molecule has 1 aromatic carbocycles. The Morgan fingerprint density at radius 1 is 1.33 bits per heavy atom. The first-order chi connectivity index (χ1) is 8.75. The lowest BCUT2D eigenvalue weighted by molar-refractivity contribution is -0.109. The van der Waals surface area contributed by atoms with Gasteiger partial charge in [0.25, 0.3) is 0 Å². The van der Waals surface area contributed by atoms with E-state index in [4.69, 9.17) is 9.47 Å². The summed E-state index contributed by atoms with van der Waals surface area (Å²) in [6, 6.07) is 5.66. The Bertz CT molecular complexity index is 499. The molecule has 0 aromatic heterocycles. The van der Waals surface area contributed by atoms with Gasteiger partial charge in [-0.15, -0.1) is 0 Å². The van der Waals surface area contributed by atoms with E-state index in [0.29, 0.717) is 19.0 Å². The Morgan fingerprint density at radius 2 is 2.11 bits per heavy atom. The molecule has 0 amide bonds. The highest BCUT2D eigenvalue weighted by Gasteiger charge is 2.09. The molecule has 0 bridgehead atoms. The van der Waals surface area contributed by atoms with E-state index in [1.807, 2.05) is 18.2 Å². The molecule has 1 heterocycles. The third-order valence-electron chi connectivity index (χ3n) is 2.33. The monoisotopic (exact) mass is 262 g/mol. The van der Waals surface area contributed by atoms with Crippen molar-refractivity contribution in [1.82, 2.24) is 0 Å². The first-order valence-electron chi connectivity index (χ1n) is 5.77. The molecule has 1 aromatic rings. The maximum Gasteiger partial charge on any atom is 0.186 e. The second-order valence-corrected chi connectivity index (χ2v) is 4.95. The summed E-state index contributed by atoms with van der Waals surface area (Å²) in [6.45, 7) is 2.90. The van der Waals surface area contributed by atoms with Crippen LogP contribution in [0.5, 0.6) is 11.5 Å². The molecule has 4 heteroatoms. The topological polar surface area (TPSA) is 35.5 Å². The number of hydrogen-bond acceptors (Lipinski definition) is 4. The third-order valence-corrected chi connectivity index (χ3v) is 3.02. The Kier molecular flexibility index (Phi) is 4.54. The summed E-state index contributed by atoms with van der Waals surface area (Å²) in [7, 11) is 0. The summed E-state index contributed by atoms with van der Waals surface area (Å²) < 4.78 is 11.1. The second kappa shape index (κ2) is 6.36. The molecule has 2 rings (SSSR count). The van der Waals surface area contributed by atoms with Gasteiger partial charge in [0, 0.05) is 18.9 Å². The molecule has 0 saturated carbocycles. The lowest BCUT2D eigenvalue weighted by Crippen LogP contribution is -1.97. The molecule has 1 aliphatic heterocycles. The van der Waals surface area contributed by atoms with Crippen molar-refractivity contribution in [3.63, 3.8) is 0 Å². The zero-order valence-corrected chi connectivity index (χ0v) is 11.0. The minimum absolute atomic E-state index is 0.0861. The predicted octanol–water partition coefficient (Wildman–Crippen LogP) is 2.48. The molecule has 0 unspecified atom stereocenters. The van der Waals surface area contributed by atoms with E-state index < -0.39 is 0 Å². The zero-order valence-electron chi connectivity index (χ0n) is 10.2. The summed E-state index contributed by atoms with van der Waals surface area (Å²) >= 11 is 1.21. The highest BCUT2D eigenvalue weighted by atomic mass is 32.2. The number of thioether (sulfide) groups is 1. The van der Waals surface area contributed by atoms with Crippen LogP contribution in [0, 0.1) is 11.8 Å². The molecule has 1 aliphatic rings. The van der Waals surface area contributed by atoms with Crippen LogP contribution in [0.25, 0.3) is 0 Å². The Labute approximate surface area is 111 Å². The van der Waals surface area contributed by atoms with Gasteiger partial charge in [0.05, 0.1) is 19.0 Å². The fourth-order valence-electron chi connectivity index (χ4n) is 1.52. The standard InChI is InChI=1S/C14H14O3S/c1-11(15)18-9-2-4-12-5-6-13-14(10-12)17-8-3-7-16-13/h5-6,10H,3,7-9H2,1H3. The molecule has 3 nitrogen and oxygen atoms in total. The number of benzene rings is 1. The van der Waals surface area contributed by atoms with Crippen LogP contribution in [0.3, 0.4) is 0 Å². The highest BCUT2D eigenvalue weighted by Crippen LogP contribution is 2.30. The van der Waals surface area contributed by atoms with Gasteiger partial charge in [-0.3, -0.25) is 4.79 Å². The van der Waals surface area contributed by atoms with Crippen LogP contribution in [0.2, 0.25) is 0 Å². The number of carbonyl (C=O) groups is 1. The van der Waals surface area contributed by atoms with Gasteiger partial charge in [-0.05, 0) is 18.2 Å². The summed E-state index contributed by atoms with van der Waals surface area (Å²) in [5, 5.41) is 0.0861. The fraction of sp³-hybridized carbons (Fsp3) is 0.357. The van der Waals surface area contributed by atoms with Gasteiger partial charge in [-0.2, -0.15) is 0 Å². The number of rotatable bonds is 1. The minimum Gasteiger partial charge on any atom is -0.490 e. The van der Waals surface area contributed by atoms with Crippen molar-refractivity contribution in [2.45, 2.75) is 13.3 Å². The molecular weight excluding hydrogens is 248 g/mol. The molecule has 0 atom stereocenters. The average molecular weight is 262 g/mol. The summed E-state index contributed by atoms with van der Waals surface area (Å²) in [4.78, 5) is 10.7. The van der Waals surface area contributed by atoms with Crippen LogP contribution in [0.4, 0.5) is 0 Å². The average Bonchev–Trinajstić information content (AvgIpc) is 2.59. The van der Waals surface area contributed by atoms with E-state index in [9.17, 15) is 4.79 Å². The molecule has 0 aliphatic carbocycles. The smallest absolute Gasteiger partial charge is 0.186 e. The van der Waals surface area contributed by atoms with E-state index in [-0.39, 0.29) is 5.12 Å². The van der Waals surface area contributed by atoms with Gasteiger partial charge in [0.2, 0.25) is 0 Å². The maximum absolute atomic E-state index is 10.7. The zero-order chi connectivity index (χ0) is 12.8. The summed E-state index contributed by atoms with van der Waals surface area (Å²) in [5.74, 6) is 8.00. The minimum atomic E-state index is 0.0861. The van der Waals surface area contributed by atoms with Crippen molar-refractivity contribution in [3.05, 3.63) is 23.8 Å². The highest BCUT2D eigenvalue weighted by molar-refractivity contribution is 8.13. The maximum atomic E-state index is 10.7. The van der Waals surface area contributed by atoms with Crippen molar-refractivity contribution < 1.29 is 14.3 Å². The fourth-order valence-corrected chi connectivity index (χ4v) is 1.86. The van der Waals surface area contributed by atoms with E-state index in [1.165, 1.54) is 11.8 Å². The molecule has 0 N–H and O–H groups in total. The Morgan fingerprint density at radius 3 is 2.89 bits per heavy atom. The molecule has 18 heavy (non-hydrogen) atoms. The largest absolute Gasteiger partial charge is 0.490 e. The molecule has 0 spiro atoms. The van der Waals surface area contributed by atoms with Crippen LogP contribution in [-0.4, -0.2) is 24.1 Å². The van der Waals surface area contributed by atoms with E-state index in [0.717, 1.165) is 23.5 Å². The van der Waals surface area contributed by atoms with Crippen LogP contribution in [-0.2, 0) is 4.79 Å². The van der Waals surface area contributed by atoms with Crippen molar-refractivity contribution >= 4 is 16.9 Å². The first kappa shape index (κ1) is 12.8. The van der Waals surface area contributed by atoms with Crippen molar-refractivity contribution in [2.24, 2.45) is 0 Å². The van der Waals surface area contributed by atoms with Crippen LogP contribution >= 0.6 is 11.8 Å². The van der Waals surface area contributed by atoms with E-state index >= 15 is 0 Å². The van der Waals surface area contributed by atoms with Crippen LogP contribution < -0.4 is 9.47 Å². The first-order valence-corrected chi connectivity index (χ1v) is 6.76. The van der Waals surface area contributed by atoms with Crippen LogP contribution in [0.15, 0.2) is 18.2 Å². The lowest BCUT2D eigenvalue weighted by atomic mass is 10.2. The van der Waals surface area contributed by atoms with Gasteiger partial charge in [-0.1, -0.05) is 23.6 Å². The normalized spacial score (nSPS) is 13.2.